The highest BCUT2D eigenvalue weighted by Crippen LogP contribution is 2.41. The van der Waals surface area contributed by atoms with Crippen molar-refractivity contribution in [3.05, 3.63) is 119 Å². The Hall–Kier alpha value is -6.79. The van der Waals surface area contributed by atoms with Crippen molar-refractivity contribution in [1.82, 2.24) is 20.5 Å². The summed E-state index contributed by atoms with van der Waals surface area (Å²) in [6.45, 7) is 10.8. The predicted molar refractivity (Wildman–Crippen MR) is 272 cm³/mol. The number of aliphatic hydroxyl groups is 1. The van der Waals surface area contributed by atoms with Crippen LogP contribution in [-0.4, -0.2) is 93.8 Å². The Labute approximate surface area is 429 Å². The number of nitriles is 1. The molecule has 5 aromatic rings. The lowest BCUT2D eigenvalue weighted by Crippen LogP contribution is -2.58. The van der Waals surface area contributed by atoms with Crippen molar-refractivity contribution >= 4 is 63.7 Å². The summed E-state index contributed by atoms with van der Waals surface area (Å²) >= 11 is 7.14. The summed E-state index contributed by atoms with van der Waals surface area (Å²) < 4.78 is 68.6. The molecule has 1 aromatic heterocycles. The Morgan fingerprint density at radius 2 is 1.64 bits per heavy atom. The summed E-state index contributed by atoms with van der Waals surface area (Å²) in [6.07, 6.45) is -4.58. The summed E-state index contributed by atoms with van der Waals surface area (Å²) in [4.78, 5) is 63.2. The van der Waals surface area contributed by atoms with E-state index >= 15 is 4.39 Å². The van der Waals surface area contributed by atoms with E-state index in [9.17, 15) is 42.7 Å². The molecule has 3 heterocycles. The van der Waals surface area contributed by atoms with Gasteiger partial charge in [0.05, 0.1) is 51.7 Å². The molecule has 1 unspecified atom stereocenters. The maximum atomic E-state index is 15.8. The fraction of sp³-hybridized carbons (Fsp3) is 0.377. The number of rotatable bonds is 17. The fourth-order valence-electron chi connectivity index (χ4n) is 8.71. The molecule has 20 heteroatoms. The van der Waals surface area contributed by atoms with Gasteiger partial charge in [-0.05, 0) is 116 Å². The minimum atomic E-state index is -4.86. The van der Waals surface area contributed by atoms with Gasteiger partial charge in [0, 0.05) is 37.4 Å². The largest absolute Gasteiger partial charge is 0.494 e. The van der Waals surface area contributed by atoms with E-state index in [0.717, 1.165) is 32.7 Å². The van der Waals surface area contributed by atoms with Crippen LogP contribution in [0.4, 0.5) is 28.9 Å². The topological polar surface area (TPSA) is 177 Å². The second kappa shape index (κ2) is 22.1. The van der Waals surface area contributed by atoms with Gasteiger partial charge in [-0.3, -0.25) is 24.1 Å². The first-order valence-electron chi connectivity index (χ1n) is 23.4. The van der Waals surface area contributed by atoms with Crippen molar-refractivity contribution in [1.29, 1.82) is 5.26 Å². The molecule has 0 spiro atoms. The average molecular weight is 1040 g/mol. The van der Waals surface area contributed by atoms with Crippen molar-refractivity contribution < 1.29 is 51.3 Å². The number of alkyl halides is 3. The van der Waals surface area contributed by atoms with Crippen LogP contribution in [0.15, 0.2) is 90.4 Å². The zero-order valence-electron chi connectivity index (χ0n) is 41.0. The van der Waals surface area contributed by atoms with Gasteiger partial charge in [-0.25, -0.2) is 9.37 Å². The molecule has 0 aliphatic carbocycles. The molecular weight excluding hydrogens is 987 g/mol. The third-order valence-corrected chi connectivity index (χ3v) is 14.0. The number of nitrogens with one attached hydrogen (secondary N) is 2. The highest BCUT2D eigenvalue weighted by Gasteiger charge is 2.51. The number of likely N-dealkylation sites (tertiary alicyclic amines) is 1. The number of amides is 4. The van der Waals surface area contributed by atoms with Gasteiger partial charge in [-0.2, -0.15) is 18.4 Å². The van der Waals surface area contributed by atoms with Gasteiger partial charge >= 0.3 is 6.18 Å². The lowest BCUT2D eigenvalue weighted by molar-refractivity contribution is -0.144. The minimum absolute atomic E-state index is 0.0509. The number of aryl methyl sites for hydroxylation is 1. The molecule has 7 rings (SSSR count). The molecule has 0 bridgehead atoms. The van der Waals surface area contributed by atoms with E-state index in [-0.39, 0.29) is 54.8 Å². The van der Waals surface area contributed by atoms with Crippen molar-refractivity contribution in [2.24, 2.45) is 5.41 Å². The first kappa shape index (κ1) is 54.0. The predicted octanol–water partition coefficient (Wildman–Crippen LogP) is 8.72. The fourth-order valence-corrected chi connectivity index (χ4v) is 10.0. The molecule has 2 fully saturated rings. The summed E-state index contributed by atoms with van der Waals surface area (Å²) in [7, 11) is 0. The molecule has 2 saturated heterocycles. The van der Waals surface area contributed by atoms with Gasteiger partial charge in [-0.1, -0.05) is 57.2 Å². The molecule has 384 valence electrons. The van der Waals surface area contributed by atoms with Crippen LogP contribution < -0.4 is 25.2 Å². The summed E-state index contributed by atoms with van der Waals surface area (Å²) in [6, 6.07) is 21.3. The van der Waals surface area contributed by atoms with Crippen molar-refractivity contribution in [3.63, 3.8) is 0 Å². The number of thiazole rings is 1. The number of nitrogens with zero attached hydrogens (tertiary/aromatic N) is 5. The standard InChI is InChI=1S/C53H55F4N7O7S2/c1-31-45(73-30-60-31)34-11-9-32(10-12-34)27-59-47(67)43-25-38(65)28-62(43)48(68)46(51(2,3)4)61-44(66)29-70-21-7-8-22-71-39-18-14-33(15-19-39)40-20-17-37(24-42(40)54)64-50(72)63(49(69)52(64,5)6)36-16-13-35(26-58)41(23-36)53(55,56)57/h9-20,23-24,30,38,43,46,65H,7-8,21-22,25,27-29H2,1-6H3,(H,59,67)(H,61,66)/t38-,43+,46?/m1/s1. The SMILES string of the molecule is Cc1ncsc1-c1ccc(CNC(=O)[C@@H]2C[C@@H](O)CN2C(=O)C(NC(=O)COCCCCOc2ccc(-c3ccc(N4C(=S)N(c5ccc(C#N)c(C(F)(F)F)c5)C(=O)C4(C)C)cc3F)cc2)C(C)(C)C)cc1. The highest BCUT2D eigenvalue weighted by molar-refractivity contribution is 7.81. The van der Waals surface area contributed by atoms with Gasteiger partial charge in [0.15, 0.2) is 5.11 Å². The van der Waals surface area contributed by atoms with Crippen LogP contribution in [0, 0.1) is 29.5 Å². The highest BCUT2D eigenvalue weighted by atomic mass is 32.1. The van der Waals surface area contributed by atoms with Crippen LogP contribution >= 0.6 is 23.6 Å². The number of unbranched alkanes of at least 4 members (excludes halogenated alkanes) is 1. The normalized spacial score (nSPS) is 17.2. The van der Waals surface area contributed by atoms with Crippen molar-refractivity contribution in [2.45, 2.75) is 97.3 Å². The zero-order chi connectivity index (χ0) is 53.0. The van der Waals surface area contributed by atoms with Crippen LogP contribution in [0.2, 0.25) is 0 Å². The number of carbonyl (C=O) groups is 4. The monoisotopic (exact) mass is 1040 g/mol. The van der Waals surface area contributed by atoms with Gasteiger partial charge in [-0.15, -0.1) is 11.3 Å². The summed E-state index contributed by atoms with van der Waals surface area (Å²) in [5, 5.41) is 25.3. The smallest absolute Gasteiger partial charge is 0.417 e. The van der Waals surface area contributed by atoms with Gasteiger partial charge < -0.3 is 35.0 Å². The van der Waals surface area contributed by atoms with Gasteiger partial charge in [0.2, 0.25) is 17.7 Å². The number of hydrogen-bond donors (Lipinski definition) is 3. The van der Waals surface area contributed by atoms with E-state index in [4.69, 9.17) is 21.7 Å². The summed E-state index contributed by atoms with van der Waals surface area (Å²) in [5.41, 5.74) is 1.46. The average Bonchev–Trinajstić information content (AvgIpc) is 4.01. The molecule has 0 saturated carbocycles. The van der Waals surface area contributed by atoms with Crippen LogP contribution in [-0.2, 0) is 36.6 Å². The Morgan fingerprint density at radius 3 is 2.27 bits per heavy atom. The van der Waals surface area contributed by atoms with Crippen LogP contribution in [0.1, 0.15) is 76.3 Å². The van der Waals surface area contributed by atoms with E-state index in [0.29, 0.717) is 36.8 Å². The number of carbonyl (C=O) groups excluding carboxylic acids is 4. The van der Waals surface area contributed by atoms with Crippen LogP contribution in [0.25, 0.3) is 21.6 Å². The number of aromatic nitrogens is 1. The lowest BCUT2D eigenvalue weighted by atomic mass is 9.85. The molecule has 3 atom stereocenters. The van der Waals surface area contributed by atoms with Crippen LogP contribution in [0.3, 0.4) is 0 Å². The van der Waals surface area contributed by atoms with E-state index in [1.165, 1.54) is 47.9 Å². The molecule has 14 nitrogen and oxygen atoms in total. The third kappa shape index (κ3) is 12.2. The maximum Gasteiger partial charge on any atom is 0.417 e. The van der Waals surface area contributed by atoms with Crippen molar-refractivity contribution in [2.75, 3.05) is 36.2 Å². The Balaban J connectivity index is 0.853. The molecule has 73 heavy (non-hydrogen) atoms. The van der Waals surface area contributed by atoms with Crippen molar-refractivity contribution in [3.8, 4) is 33.4 Å². The summed E-state index contributed by atoms with van der Waals surface area (Å²) in [5.74, 6) is -2.14. The van der Waals surface area contributed by atoms with E-state index in [2.05, 4.69) is 15.6 Å². The number of anilines is 2. The van der Waals surface area contributed by atoms with E-state index in [1.807, 2.05) is 31.2 Å². The molecule has 3 N–H and O–H groups in total. The van der Waals surface area contributed by atoms with E-state index in [1.54, 1.807) is 68.0 Å². The molecular formula is C53H55F4N7O7S2. The number of aliphatic hydroxyl groups excluding tert-OH is 1. The molecule has 2 aliphatic heterocycles. The van der Waals surface area contributed by atoms with Gasteiger partial charge in [0.1, 0.15) is 35.8 Å². The maximum absolute atomic E-state index is 15.8. The lowest BCUT2D eigenvalue weighted by Gasteiger charge is -2.35. The van der Waals surface area contributed by atoms with Gasteiger partial charge in [0.25, 0.3) is 5.91 Å². The number of halogens is 4. The first-order chi connectivity index (χ1) is 34.5. The Bertz CT molecular complexity index is 2920. The number of thiocarbonyl (C=S) groups is 1. The zero-order valence-corrected chi connectivity index (χ0v) is 42.6. The van der Waals surface area contributed by atoms with Crippen LogP contribution in [0.5, 0.6) is 5.75 Å². The van der Waals surface area contributed by atoms with E-state index < -0.39 is 75.9 Å². The Kier molecular flexibility index (Phi) is 16.4. The number of hydrogen-bond acceptors (Lipinski definition) is 11. The first-order valence-corrected chi connectivity index (χ1v) is 24.7. The second-order valence-corrected chi connectivity index (χ2v) is 20.6. The molecule has 4 aromatic carbocycles. The minimum Gasteiger partial charge on any atom is -0.494 e. The number of ether oxygens (including phenoxy) is 2. The molecule has 4 amide bonds. The quantitative estimate of drug-likeness (QED) is 0.0461. The number of β-amino-alcohol motifs (C(OH)–C–C–N with tert-alkyl or cyclic N) is 1. The second-order valence-electron chi connectivity index (χ2n) is 19.4. The molecule has 0 radical (unpaired) electrons. The Morgan fingerprint density at radius 1 is 0.973 bits per heavy atom. The molecule has 2 aliphatic rings. The number of benzene rings is 4. The third-order valence-electron chi connectivity index (χ3n) is 12.6.